The number of Topliss-reactive ketones (excluding diaryl/α,β-unsaturated/α-hetero) is 1. The van der Waals surface area contributed by atoms with Gasteiger partial charge in [0, 0.05) is 24.9 Å². The van der Waals surface area contributed by atoms with Crippen LogP contribution in [-0.4, -0.2) is 38.3 Å². The van der Waals surface area contributed by atoms with E-state index < -0.39 is 9.84 Å². The van der Waals surface area contributed by atoms with Crippen molar-refractivity contribution >= 4 is 15.6 Å². The van der Waals surface area contributed by atoms with E-state index in [-0.39, 0.29) is 29.2 Å². The summed E-state index contributed by atoms with van der Waals surface area (Å²) >= 11 is 0. The Bertz CT molecular complexity index is 432. The molecule has 4 atom stereocenters. The third kappa shape index (κ3) is 4.02. The fourth-order valence-electron chi connectivity index (χ4n) is 3.25. The van der Waals surface area contributed by atoms with Crippen LogP contribution in [0.15, 0.2) is 0 Å². The smallest absolute Gasteiger partial charge is 0.153 e. The van der Waals surface area contributed by atoms with E-state index in [1.54, 1.807) is 0 Å². The van der Waals surface area contributed by atoms with Crippen molar-refractivity contribution in [3.05, 3.63) is 0 Å². The van der Waals surface area contributed by atoms with Gasteiger partial charge in [-0.2, -0.15) is 0 Å². The lowest BCUT2D eigenvalue weighted by Gasteiger charge is -2.32. The van der Waals surface area contributed by atoms with E-state index in [1.165, 1.54) is 0 Å². The van der Waals surface area contributed by atoms with Crippen LogP contribution in [0.5, 0.6) is 0 Å². The van der Waals surface area contributed by atoms with Crippen molar-refractivity contribution in [1.29, 1.82) is 0 Å². The molecule has 0 aromatic heterocycles. The Morgan fingerprint density at radius 3 is 2.58 bits per heavy atom. The second-order valence-electron chi connectivity index (χ2n) is 6.40. The maximum absolute atomic E-state index is 12.3. The summed E-state index contributed by atoms with van der Waals surface area (Å²) < 4.78 is 23.1. The molecule has 0 amide bonds. The molecule has 110 valence electrons. The maximum atomic E-state index is 12.3. The molecular weight excluding hydrogens is 262 g/mol. The molecule has 4 unspecified atom stereocenters. The summed E-state index contributed by atoms with van der Waals surface area (Å²) in [5.41, 5.74) is 0. The summed E-state index contributed by atoms with van der Waals surface area (Å²) in [5.74, 6) is 2.04. The van der Waals surface area contributed by atoms with Crippen molar-refractivity contribution < 1.29 is 13.2 Å². The van der Waals surface area contributed by atoms with Gasteiger partial charge in [0.25, 0.3) is 0 Å². The molecule has 4 nitrogen and oxygen atoms in total. The first-order valence-corrected chi connectivity index (χ1v) is 9.16. The van der Waals surface area contributed by atoms with E-state index in [0.29, 0.717) is 24.8 Å². The van der Waals surface area contributed by atoms with Crippen LogP contribution >= 0.6 is 0 Å². The number of nitrogens with one attached hydrogen (secondary N) is 1. The molecule has 1 saturated carbocycles. The first-order valence-electron chi connectivity index (χ1n) is 7.34. The van der Waals surface area contributed by atoms with Crippen molar-refractivity contribution in [2.45, 2.75) is 45.6 Å². The van der Waals surface area contributed by atoms with Crippen molar-refractivity contribution in [3.63, 3.8) is 0 Å². The monoisotopic (exact) mass is 287 g/mol. The highest BCUT2D eigenvalue weighted by Crippen LogP contribution is 2.34. The van der Waals surface area contributed by atoms with Crippen molar-refractivity contribution in [1.82, 2.24) is 5.32 Å². The van der Waals surface area contributed by atoms with E-state index in [2.05, 4.69) is 19.2 Å². The zero-order chi connectivity index (χ0) is 14.0. The lowest BCUT2D eigenvalue weighted by Crippen LogP contribution is -2.46. The summed E-state index contributed by atoms with van der Waals surface area (Å²) in [7, 11) is -2.94. The van der Waals surface area contributed by atoms with Crippen LogP contribution in [0.2, 0.25) is 0 Å². The number of sulfone groups is 1. The average molecular weight is 287 g/mol. The van der Waals surface area contributed by atoms with E-state index in [0.717, 1.165) is 19.3 Å². The number of ketones is 1. The summed E-state index contributed by atoms with van der Waals surface area (Å²) in [4.78, 5) is 12.3. The summed E-state index contributed by atoms with van der Waals surface area (Å²) in [6, 6.07) is -0.166. The molecule has 1 aliphatic heterocycles. The van der Waals surface area contributed by atoms with Gasteiger partial charge in [-0.25, -0.2) is 8.42 Å². The molecule has 0 aromatic carbocycles. The molecule has 2 fully saturated rings. The Morgan fingerprint density at radius 1 is 1.21 bits per heavy atom. The molecule has 2 rings (SSSR count). The minimum atomic E-state index is -2.94. The quantitative estimate of drug-likeness (QED) is 0.852. The molecule has 1 saturated heterocycles. The van der Waals surface area contributed by atoms with Crippen molar-refractivity contribution in [3.8, 4) is 0 Å². The molecule has 2 aliphatic rings. The predicted octanol–water partition coefficient (Wildman–Crippen LogP) is 1.40. The van der Waals surface area contributed by atoms with Gasteiger partial charge in [-0.3, -0.25) is 4.79 Å². The fraction of sp³-hybridized carbons (Fsp3) is 0.929. The molecule has 19 heavy (non-hydrogen) atoms. The Morgan fingerprint density at radius 2 is 1.95 bits per heavy atom. The molecule has 0 aromatic rings. The van der Waals surface area contributed by atoms with Crippen LogP contribution in [0.4, 0.5) is 0 Å². The standard InChI is InChI=1S/C14H25NO3S/c1-10-3-4-12(7-11(10)2)14(16)8-13-9-19(17,18)6-5-15-13/h10-13,15H,3-9H2,1-2H3. The molecular formula is C14H25NO3S. The predicted molar refractivity (Wildman–Crippen MR) is 75.7 cm³/mol. The number of hydrogen-bond acceptors (Lipinski definition) is 4. The third-order valence-electron chi connectivity index (χ3n) is 4.80. The molecule has 1 N–H and O–H groups in total. The Kier molecular flexibility index (Phi) is 4.66. The van der Waals surface area contributed by atoms with Gasteiger partial charge in [0.05, 0.1) is 11.5 Å². The van der Waals surface area contributed by atoms with E-state index in [1.807, 2.05) is 0 Å². The van der Waals surface area contributed by atoms with Gasteiger partial charge in [-0.15, -0.1) is 0 Å². The van der Waals surface area contributed by atoms with Gasteiger partial charge < -0.3 is 5.32 Å². The number of hydrogen-bond donors (Lipinski definition) is 1. The molecule has 0 bridgehead atoms. The molecule has 1 aliphatic carbocycles. The SMILES string of the molecule is CC1CCC(C(=O)CC2CS(=O)(=O)CCN2)CC1C. The minimum absolute atomic E-state index is 0.122. The Hall–Kier alpha value is -0.420. The van der Waals surface area contributed by atoms with Crippen molar-refractivity contribution in [2.24, 2.45) is 17.8 Å². The van der Waals surface area contributed by atoms with Crippen LogP contribution < -0.4 is 5.32 Å². The van der Waals surface area contributed by atoms with Gasteiger partial charge in [0.2, 0.25) is 0 Å². The van der Waals surface area contributed by atoms with Crippen LogP contribution in [0.25, 0.3) is 0 Å². The molecule has 1 heterocycles. The highest BCUT2D eigenvalue weighted by atomic mass is 32.2. The second kappa shape index (κ2) is 5.92. The molecule has 0 spiro atoms. The minimum Gasteiger partial charge on any atom is -0.312 e. The van der Waals surface area contributed by atoms with Crippen LogP contribution in [-0.2, 0) is 14.6 Å². The first kappa shape index (κ1) is 15.0. The van der Waals surface area contributed by atoms with Crippen LogP contribution in [0.1, 0.15) is 39.5 Å². The van der Waals surface area contributed by atoms with Gasteiger partial charge in [-0.1, -0.05) is 13.8 Å². The maximum Gasteiger partial charge on any atom is 0.153 e. The van der Waals surface area contributed by atoms with E-state index in [9.17, 15) is 13.2 Å². The second-order valence-corrected chi connectivity index (χ2v) is 8.63. The zero-order valence-electron chi connectivity index (χ0n) is 11.9. The normalized spacial score (nSPS) is 38.8. The van der Waals surface area contributed by atoms with Crippen LogP contribution in [0, 0.1) is 17.8 Å². The summed E-state index contributed by atoms with van der Waals surface area (Å²) in [5, 5.41) is 3.16. The van der Waals surface area contributed by atoms with Gasteiger partial charge in [0.15, 0.2) is 9.84 Å². The highest BCUT2D eigenvalue weighted by Gasteiger charge is 2.32. The van der Waals surface area contributed by atoms with E-state index >= 15 is 0 Å². The topological polar surface area (TPSA) is 63.2 Å². The lowest BCUT2D eigenvalue weighted by atomic mass is 9.73. The number of carbonyl (C=O) groups is 1. The number of rotatable bonds is 3. The summed E-state index contributed by atoms with van der Waals surface area (Å²) in [6.07, 6.45) is 3.45. The van der Waals surface area contributed by atoms with Gasteiger partial charge in [0.1, 0.15) is 5.78 Å². The molecule has 5 heteroatoms. The average Bonchev–Trinajstić information content (AvgIpc) is 2.31. The summed E-state index contributed by atoms with van der Waals surface area (Å²) in [6.45, 7) is 4.95. The fourth-order valence-corrected chi connectivity index (χ4v) is 4.69. The zero-order valence-corrected chi connectivity index (χ0v) is 12.7. The van der Waals surface area contributed by atoms with Crippen LogP contribution in [0.3, 0.4) is 0 Å². The lowest BCUT2D eigenvalue weighted by molar-refractivity contribution is -0.125. The van der Waals surface area contributed by atoms with Gasteiger partial charge in [-0.05, 0) is 31.1 Å². The van der Waals surface area contributed by atoms with Crippen molar-refractivity contribution in [2.75, 3.05) is 18.1 Å². The van der Waals surface area contributed by atoms with E-state index in [4.69, 9.17) is 0 Å². The molecule has 0 radical (unpaired) electrons. The number of carbonyl (C=O) groups excluding carboxylic acids is 1. The Balaban J connectivity index is 1.87. The highest BCUT2D eigenvalue weighted by molar-refractivity contribution is 7.91. The largest absolute Gasteiger partial charge is 0.312 e. The first-order chi connectivity index (χ1) is 8.87. The Labute approximate surface area is 116 Å². The van der Waals surface area contributed by atoms with Gasteiger partial charge >= 0.3 is 0 Å². The third-order valence-corrected chi connectivity index (χ3v) is 6.54.